The molecule has 1 aliphatic carbocycles. The summed E-state index contributed by atoms with van der Waals surface area (Å²) >= 11 is 0. The second-order valence-electron chi connectivity index (χ2n) is 5.15. The first-order valence-corrected chi connectivity index (χ1v) is 6.45. The highest BCUT2D eigenvalue weighted by Crippen LogP contribution is 2.39. The fourth-order valence-electron chi connectivity index (χ4n) is 2.33. The van der Waals surface area contributed by atoms with Gasteiger partial charge in [0.15, 0.2) is 0 Å². The van der Waals surface area contributed by atoms with Crippen LogP contribution in [-0.2, 0) is 6.18 Å². The van der Waals surface area contributed by atoms with Crippen molar-refractivity contribution in [3.63, 3.8) is 0 Å². The second kappa shape index (κ2) is 5.85. The van der Waals surface area contributed by atoms with Gasteiger partial charge in [-0.25, -0.2) is 4.39 Å². The van der Waals surface area contributed by atoms with E-state index in [9.17, 15) is 17.6 Å². The van der Waals surface area contributed by atoms with Gasteiger partial charge in [0.25, 0.3) is 0 Å². The van der Waals surface area contributed by atoms with Gasteiger partial charge >= 0.3 is 6.18 Å². The van der Waals surface area contributed by atoms with Crippen molar-refractivity contribution in [3.8, 4) is 11.3 Å². The summed E-state index contributed by atoms with van der Waals surface area (Å²) in [5.41, 5.74) is 5.40. The Kier molecular flexibility index (Phi) is 4.44. The van der Waals surface area contributed by atoms with Crippen LogP contribution in [0.3, 0.4) is 0 Å². The van der Waals surface area contributed by atoms with E-state index < -0.39 is 17.6 Å². The molecule has 0 bridgehead atoms. The Morgan fingerprint density at radius 2 is 1.82 bits per heavy atom. The molecular weight excluding hydrogens is 320 g/mol. The molecule has 0 spiro atoms. The summed E-state index contributed by atoms with van der Waals surface area (Å²) in [6.07, 6.45) is -2.30. The van der Waals surface area contributed by atoms with Gasteiger partial charge in [0.05, 0.1) is 11.3 Å². The highest BCUT2D eigenvalue weighted by atomic mass is 35.5. The van der Waals surface area contributed by atoms with Crippen LogP contribution in [0, 0.1) is 5.82 Å². The molecule has 2 atom stereocenters. The van der Waals surface area contributed by atoms with Gasteiger partial charge in [-0.2, -0.15) is 13.2 Å². The molecule has 1 aromatic carbocycles. The normalized spacial score (nSPS) is 20.4. The maximum atomic E-state index is 14.0. The van der Waals surface area contributed by atoms with Gasteiger partial charge < -0.3 is 5.73 Å². The number of pyridine rings is 1. The quantitative estimate of drug-likeness (QED) is 0.839. The molecule has 1 aliphatic rings. The summed E-state index contributed by atoms with van der Waals surface area (Å²) in [7, 11) is 0. The number of alkyl halides is 3. The molecule has 1 saturated carbocycles. The second-order valence-corrected chi connectivity index (χ2v) is 5.15. The first-order valence-electron chi connectivity index (χ1n) is 6.45. The van der Waals surface area contributed by atoms with E-state index in [1.54, 1.807) is 12.3 Å². The molecule has 22 heavy (non-hydrogen) atoms. The standard InChI is InChI=1S/C15H12F4N2.ClH/c16-14-9(2-1-3-11(14)15(17,18)19)13-5-4-8(7-21-13)10-6-12(10)20;/h1-5,7,10,12H,6,20H2;1H. The highest BCUT2D eigenvalue weighted by Gasteiger charge is 2.36. The molecule has 1 aromatic heterocycles. The van der Waals surface area contributed by atoms with Gasteiger partial charge in [-0.3, -0.25) is 4.98 Å². The summed E-state index contributed by atoms with van der Waals surface area (Å²) in [5, 5.41) is 0. The molecule has 0 saturated heterocycles. The van der Waals surface area contributed by atoms with Crippen molar-refractivity contribution in [1.29, 1.82) is 0 Å². The summed E-state index contributed by atoms with van der Waals surface area (Å²) in [6.45, 7) is 0. The Balaban J connectivity index is 0.00000176. The summed E-state index contributed by atoms with van der Waals surface area (Å²) in [4.78, 5) is 4.07. The Morgan fingerprint density at radius 3 is 2.32 bits per heavy atom. The maximum absolute atomic E-state index is 14.0. The maximum Gasteiger partial charge on any atom is 0.419 e. The zero-order valence-corrected chi connectivity index (χ0v) is 12.1. The fourth-order valence-corrected chi connectivity index (χ4v) is 2.33. The van der Waals surface area contributed by atoms with E-state index >= 15 is 0 Å². The molecule has 1 fully saturated rings. The molecule has 2 nitrogen and oxygen atoms in total. The first-order chi connectivity index (χ1) is 9.88. The van der Waals surface area contributed by atoms with Crippen LogP contribution in [0.25, 0.3) is 11.3 Å². The number of rotatable bonds is 2. The lowest BCUT2D eigenvalue weighted by Crippen LogP contribution is -2.09. The predicted octanol–water partition coefficient (Wildman–Crippen LogP) is 4.14. The van der Waals surface area contributed by atoms with Crippen molar-refractivity contribution >= 4 is 12.4 Å². The number of hydrogen-bond donors (Lipinski definition) is 1. The Labute approximate surface area is 130 Å². The number of benzene rings is 1. The molecule has 0 radical (unpaired) electrons. The van der Waals surface area contributed by atoms with Crippen LogP contribution in [-0.4, -0.2) is 11.0 Å². The Morgan fingerprint density at radius 1 is 1.14 bits per heavy atom. The van der Waals surface area contributed by atoms with Gasteiger partial charge in [0, 0.05) is 23.7 Å². The molecule has 0 amide bonds. The van der Waals surface area contributed by atoms with E-state index in [-0.39, 0.29) is 35.6 Å². The van der Waals surface area contributed by atoms with E-state index in [2.05, 4.69) is 4.98 Å². The lowest BCUT2D eigenvalue weighted by atomic mass is 10.0. The molecule has 2 unspecified atom stereocenters. The monoisotopic (exact) mass is 332 g/mol. The Hall–Kier alpha value is -1.66. The van der Waals surface area contributed by atoms with Crippen molar-refractivity contribution in [2.45, 2.75) is 24.6 Å². The van der Waals surface area contributed by atoms with Crippen LogP contribution in [0.1, 0.15) is 23.5 Å². The highest BCUT2D eigenvalue weighted by molar-refractivity contribution is 5.85. The summed E-state index contributed by atoms with van der Waals surface area (Å²) in [6, 6.07) is 6.56. The SMILES string of the molecule is Cl.NC1CC1c1ccc(-c2cccc(C(F)(F)F)c2F)nc1. The van der Waals surface area contributed by atoms with Crippen LogP contribution >= 0.6 is 12.4 Å². The van der Waals surface area contributed by atoms with E-state index in [4.69, 9.17) is 5.73 Å². The number of halogens is 5. The van der Waals surface area contributed by atoms with Gasteiger partial charge in [0.1, 0.15) is 5.82 Å². The number of hydrogen-bond acceptors (Lipinski definition) is 2. The predicted molar refractivity (Wildman–Crippen MR) is 77.2 cm³/mol. The molecular formula is C15H13ClF4N2. The van der Waals surface area contributed by atoms with Crippen molar-refractivity contribution in [1.82, 2.24) is 4.98 Å². The van der Waals surface area contributed by atoms with Crippen molar-refractivity contribution < 1.29 is 17.6 Å². The van der Waals surface area contributed by atoms with Crippen molar-refractivity contribution in [3.05, 3.63) is 53.5 Å². The van der Waals surface area contributed by atoms with Gasteiger partial charge in [-0.05, 0) is 30.2 Å². The summed E-state index contributed by atoms with van der Waals surface area (Å²) < 4.78 is 52.1. The minimum Gasteiger partial charge on any atom is -0.327 e. The van der Waals surface area contributed by atoms with Gasteiger partial charge in [0.2, 0.25) is 0 Å². The lowest BCUT2D eigenvalue weighted by Gasteiger charge is -2.11. The molecule has 2 N–H and O–H groups in total. The van der Waals surface area contributed by atoms with Crippen LogP contribution < -0.4 is 5.73 Å². The zero-order valence-electron chi connectivity index (χ0n) is 11.3. The van der Waals surface area contributed by atoms with Crippen molar-refractivity contribution in [2.24, 2.45) is 5.73 Å². The molecule has 7 heteroatoms. The van der Waals surface area contributed by atoms with E-state index in [0.29, 0.717) is 0 Å². The lowest BCUT2D eigenvalue weighted by molar-refractivity contribution is -0.139. The van der Waals surface area contributed by atoms with E-state index in [1.165, 1.54) is 18.2 Å². The third-order valence-corrected chi connectivity index (χ3v) is 3.63. The molecule has 0 aliphatic heterocycles. The van der Waals surface area contributed by atoms with Crippen LogP contribution in [0.4, 0.5) is 17.6 Å². The van der Waals surface area contributed by atoms with Crippen molar-refractivity contribution in [2.75, 3.05) is 0 Å². The average molecular weight is 333 g/mol. The zero-order chi connectivity index (χ0) is 15.2. The van der Waals surface area contributed by atoms with Gasteiger partial charge in [-0.15, -0.1) is 12.4 Å². The number of nitrogens with two attached hydrogens (primary N) is 1. The topological polar surface area (TPSA) is 38.9 Å². The summed E-state index contributed by atoms with van der Waals surface area (Å²) in [5.74, 6) is -1.05. The van der Waals surface area contributed by atoms with E-state index in [1.807, 2.05) is 0 Å². The first kappa shape index (κ1) is 16.7. The molecule has 2 aromatic rings. The third kappa shape index (κ3) is 3.08. The number of nitrogens with zero attached hydrogens (tertiary/aromatic N) is 1. The smallest absolute Gasteiger partial charge is 0.327 e. The van der Waals surface area contributed by atoms with Crippen LogP contribution in [0.2, 0.25) is 0 Å². The minimum absolute atomic E-state index is 0. The third-order valence-electron chi connectivity index (χ3n) is 3.63. The molecule has 3 rings (SSSR count). The van der Waals surface area contributed by atoms with Gasteiger partial charge in [-0.1, -0.05) is 12.1 Å². The average Bonchev–Trinajstić information content (AvgIpc) is 3.15. The van der Waals surface area contributed by atoms with E-state index in [0.717, 1.165) is 18.1 Å². The fraction of sp³-hybridized carbons (Fsp3) is 0.267. The van der Waals surface area contributed by atoms with Crippen LogP contribution in [0.15, 0.2) is 36.5 Å². The number of aromatic nitrogens is 1. The van der Waals surface area contributed by atoms with Crippen LogP contribution in [0.5, 0.6) is 0 Å². The Bertz CT molecular complexity index is 670. The largest absolute Gasteiger partial charge is 0.419 e. The molecule has 1 heterocycles. The molecule has 118 valence electrons. The minimum atomic E-state index is -4.72.